The van der Waals surface area contributed by atoms with E-state index in [1.54, 1.807) is 6.26 Å². The summed E-state index contributed by atoms with van der Waals surface area (Å²) in [7, 11) is 1.35. The van der Waals surface area contributed by atoms with E-state index in [9.17, 15) is 4.79 Å². The van der Waals surface area contributed by atoms with Crippen molar-refractivity contribution in [2.45, 2.75) is 32.7 Å². The van der Waals surface area contributed by atoms with E-state index in [0.29, 0.717) is 0 Å². The number of hydrogen-bond donors (Lipinski definition) is 1. The summed E-state index contributed by atoms with van der Waals surface area (Å²) in [4.78, 5) is 11.4. The third-order valence-electron chi connectivity index (χ3n) is 2.99. The van der Waals surface area contributed by atoms with Crippen molar-refractivity contribution in [3.8, 4) is 0 Å². The molecule has 0 saturated heterocycles. The van der Waals surface area contributed by atoms with Crippen molar-refractivity contribution in [1.29, 1.82) is 0 Å². The van der Waals surface area contributed by atoms with Gasteiger partial charge in [-0.2, -0.15) is 0 Å². The van der Waals surface area contributed by atoms with Crippen LogP contribution in [0.25, 0.3) is 0 Å². The first-order chi connectivity index (χ1) is 7.00. The summed E-state index contributed by atoms with van der Waals surface area (Å²) in [6, 6.07) is -0.643. The molecule has 0 saturated carbocycles. The summed E-state index contributed by atoms with van der Waals surface area (Å²) in [6.07, 6.45) is 3.63. The van der Waals surface area contributed by atoms with Crippen LogP contribution in [-0.4, -0.2) is 25.7 Å². The Morgan fingerprint density at radius 3 is 2.80 bits per heavy atom. The van der Waals surface area contributed by atoms with E-state index < -0.39 is 11.5 Å². The average molecular weight is 213 g/mol. The zero-order chi connectivity index (χ0) is 11.5. The van der Waals surface area contributed by atoms with Crippen LogP contribution >= 0.6 is 0 Å². The predicted molar refractivity (Wildman–Crippen MR) is 57.0 cm³/mol. The predicted octanol–water partition coefficient (Wildman–Crippen LogP) is 1.21. The molecule has 1 atom stereocenters. The van der Waals surface area contributed by atoms with Crippen LogP contribution in [-0.2, 0) is 14.3 Å². The number of esters is 1. The summed E-state index contributed by atoms with van der Waals surface area (Å²) in [6.45, 7) is 4.62. The molecule has 86 valence electrons. The van der Waals surface area contributed by atoms with Gasteiger partial charge in [0.05, 0.1) is 20.0 Å². The molecule has 0 fully saturated rings. The summed E-state index contributed by atoms with van der Waals surface area (Å²) < 4.78 is 9.92. The molecule has 1 aliphatic heterocycles. The lowest BCUT2D eigenvalue weighted by Gasteiger charge is -2.33. The highest BCUT2D eigenvalue weighted by Crippen LogP contribution is 2.34. The number of carbonyl (C=O) groups is 1. The lowest BCUT2D eigenvalue weighted by molar-refractivity contribution is -0.144. The number of nitrogens with two attached hydrogens (primary N) is 1. The van der Waals surface area contributed by atoms with E-state index in [4.69, 9.17) is 10.5 Å². The number of hydrogen-bond acceptors (Lipinski definition) is 4. The zero-order valence-corrected chi connectivity index (χ0v) is 9.58. The number of carbonyl (C=O) groups excluding carboxylic acids is 1. The van der Waals surface area contributed by atoms with E-state index in [2.05, 4.69) is 4.74 Å². The maximum Gasteiger partial charge on any atom is 0.323 e. The van der Waals surface area contributed by atoms with E-state index in [0.717, 1.165) is 25.0 Å². The second-order valence-corrected chi connectivity index (χ2v) is 4.34. The van der Waals surface area contributed by atoms with Gasteiger partial charge < -0.3 is 15.2 Å². The third kappa shape index (κ3) is 2.50. The van der Waals surface area contributed by atoms with Crippen LogP contribution in [0.2, 0.25) is 0 Å². The van der Waals surface area contributed by atoms with Gasteiger partial charge in [0.15, 0.2) is 0 Å². The maximum absolute atomic E-state index is 11.4. The fourth-order valence-electron chi connectivity index (χ4n) is 1.66. The van der Waals surface area contributed by atoms with Gasteiger partial charge in [-0.25, -0.2) is 0 Å². The van der Waals surface area contributed by atoms with Crippen LogP contribution < -0.4 is 5.73 Å². The Bertz CT molecular complexity index is 271. The topological polar surface area (TPSA) is 61.5 Å². The van der Waals surface area contributed by atoms with Gasteiger partial charge in [-0.1, -0.05) is 13.8 Å². The SMILES string of the molecule is COC(=O)C(N)C(C)(C)C1=COCCC1. The second kappa shape index (κ2) is 4.66. The van der Waals surface area contributed by atoms with E-state index in [1.165, 1.54) is 7.11 Å². The van der Waals surface area contributed by atoms with Gasteiger partial charge in [0.2, 0.25) is 0 Å². The smallest absolute Gasteiger partial charge is 0.323 e. The van der Waals surface area contributed by atoms with Crippen molar-refractivity contribution in [2.75, 3.05) is 13.7 Å². The van der Waals surface area contributed by atoms with Gasteiger partial charge in [-0.05, 0) is 18.4 Å². The van der Waals surface area contributed by atoms with Gasteiger partial charge in [0, 0.05) is 5.41 Å². The Morgan fingerprint density at radius 1 is 1.67 bits per heavy atom. The van der Waals surface area contributed by atoms with Crippen molar-refractivity contribution in [2.24, 2.45) is 11.1 Å². The largest absolute Gasteiger partial charge is 0.501 e. The maximum atomic E-state index is 11.4. The zero-order valence-electron chi connectivity index (χ0n) is 9.58. The molecule has 0 spiro atoms. The summed E-state index contributed by atoms with van der Waals surface area (Å²) in [5, 5.41) is 0. The van der Waals surface area contributed by atoms with Crippen molar-refractivity contribution in [1.82, 2.24) is 0 Å². The van der Waals surface area contributed by atoms with Crippen molar-refractivity contribution < 1.29 is 14.3 Å². The Hall–Kier alpha value is -1.03. The van der Waals surface area contributed by atoms with E-state index in [1.807, 2.05) is 13.8 Å². The molecule has 15 heavy (non-hydrogen) atoms. The van der Waals surface area contributed by atoms with Crippen LogP contribution in [0.5, 0.6) is 0 Å². The first-order valence-corrected chi connectivity index (χ1v) is 5.14. The van der Waals surface area contributed by atoms with E-state index in [-0.39, 0.29) is 5.97 Å². The van der Waals surface area contributed by atoms with Crippen LogP contribution in [0.3, 0.4) is 0 Å². The second-order valence-electron chi connectivity index (χ2n) is 4.34. The Labute approximate surface area is 90.4 Å². The Kier molecular flexibility index (Phi) is 3.74. The molecule has 1 heterocycles. The van der Waals surface area contributed by atoms with Crippen molar-refractivity contribution in [3.63, 3.8) is 0 Å². The van der Waals surface area contributed by atoms with Crippen LogP contribution in [0.4, 0.5) is 0 Å². The average Bonchev–Trinajstić information content (AvgIpc) is 2.28. The minimum Gasteiger partial charge on any atom is -0.501 e. The molecule has 0 aromatic carbocycles. The molecular weight excluding hydrogens is 194 g/mol. The van der Waals surface area contributed by atoms with Gasteiger partial charge in [0.1, 0.15) is 6.04 Å². The summed E-state index contributed by atoms with van der Waals surface area (Å²) in [5.74, 6) is -0.383. The molecule has 0 aliphatic carbocycles. The molecule has 1 rings (SSSR count). The fourth-order valence-corrected chi connectivity index (χ4v) is 1.66. The Morgan fingerprint density at radius 2 is 2.33 bits per heavy atom. The number of rotatable bonds is 3. The van der Waals surface area contributed by atoms with Crippen LogP contribution in [0, 0.1) is 5.41 Å². The molecule has 4 heteroatoms. The standard InChI is InChI=1S/C11H19NO3/c1-11(2,9(12)10(13)14-3)8-5-4-6-15-7-8/h7,9H,4-6,12H2,1-3H3. The van der Waals surface area contributed by atoms with Gasteiger partial charge in [-0.15, -0.1) is 0 Å². The highest BCUT2D eigenvalue weighted by Gasteiger charge is 2.36. The molecule has 0 amide bonds. The third-order valence-corrected chi connectivity index (χ3v) is 2.99. The van der Waals surface area contributed by atoms with Gasteiger partial charge in [0.25, 0.3) is 0 Å². The molecule has 2 N–H and O–H groups in total. The molecule has 1 aliphatic rings. The van der Waals surface area contributed by atoms with E-state index >= 15 is 0 Å². The first kappa shape index (κ1) is 12.0. The minimum absolute atomic E-state index is 0.383. The van der Waals surface area contributed by atoms with Crippen LogP contribution in [0.1, 0.15) is 26.7 Å². The lowest BCUT2D eigenvalue weighted by Crippen LogP contribution is -2.46. The minimum atomic E-state index is -0.643. The highest BCUT2D eigenvalue weighted by atomic mass is 16.5. The van der Waals surface area contributed by atoms with Crippen molar-refractivity contribution in [3.05, 3.63) is 11.8 Å². The Balaban J connectivity index is 2.80. The van der Waals surface area contributed by atoms with Gasteiger partial charge >= 0.3 is 5.97 Å². The van der Waals surface area contributed by atoms with Gasteiger partial charge in [-0.3, -0.25) is 4.79 Å². The van der Waals surface area contributed by atoms with Crippen molar-refractivity contribution >= 4 is 5.97 Å². The fraction of sp³-hybridized carbons (Fsp3) is 0.727. The molecule has 0 aromatic heterocycles. The lowest BCUT2D eigenvalue weighted by atomic mass is 9.76. The quantitative estimate of drug-likeness (QED) is 0.716. The molecule has 0 aromatic rings. The number of ether oxygens (including phenoxy) is 2. The monoisotopic (exact) mass is 213 g/mol. The molecule has 0 bridgehead atoms. The molecule has 1 unspecified atom stereocenters. The molecular formula is C11H19NO3. The van der Waals surface area contributed by atoms with Crippen LogP contribution in [0.15, 0.2) is 11.8 Å². The summed E-state index contributed by atoms with van der Waals surface area (Å²) in [5.41, 5.74) is 6.53. The highest BCUT2D eigenvalue weighted by molar-refractivity contribution is 5.77. The normalized spacial score (nSPS) is 18.8. The molecule has 0 radical (unpaired) electrons. The number of methoxy groups -OCH3 is 1. The first-order valence-electron chi connectivity index (χ1n) is 5.14. The summed E-state index contributed by atoms with van der Waals surface area (Å²) >= 11 is 0. The molecule has 4 nitrogen and oxygen atoms in total.